The van der Waals surface area contributed by atoms with Gasteiger partial charge >= 0.3 is 5.97 Å². The fourth-order valence-corrected chi connectivity index (χ4v) is 4.63. The largest absolute Gasteiger partial charge is 0.462 e. The fourth-order valence-electron chi connectivity index (χ4n) is 2.82. The Morgan fingerprint density at radius 3 is 3.00 bits per heavy atom. The Bertz CT molecular complexity index is 933. The number of hydrogen-bond donors (Lipinski definition) is 1. The van der Waals surface area contributed by atoms with Crippen LogP contribution in [0.2, 0.25) is 0 Å². The van der Waals surface area contributed by atoms with Crippen molar-refractivity contribution < 1.29 is 14.3 Å². The Balaban J connectivity index is 1.47. The molecule has 2 heterocycles. The van der Waals surface area contributed by atoms with Gasteiger partial charge in [-0.3, -0.25) is 4.79 Å². The molecule has 4 rings (SSSR count). The zero-order valence-corrected chi connectivity index (χ0v) is 15.2. The number of ether oxygens (including phenoxy) is 1. The predicted octanol–water partition coefficient (Wildman–Crippen LogP) is 4.28. The summed E-state index contributed by atoms with van der Waals surface area (Å²) in [7, 11) is 0. The number of nitrogens with zero attached hydrogens (tertiary/aromatic N) is 1. The molecule has 2 atom stereocenters. The van der Waals surface area contributed by atoms with Crippen molar-refractivity contribution in [1.82, 2.24) is 4.98 Å². The van der Waals surface area contributed by atoms with Crippen LogP contribution in [-0.2, 0) is 9.53 Å². The van der Waals surface area contributed by atoms with Gasteiger partial charge in [-0.2, -0.15) is 0 Å². The van der Waals surface area contributed by atoms with E-state index >= 15 is 0 Å². The number of thiophene rings is 1. The van der Waals surface area contributed by atoms with Crippen LogP contribution in [0.3, 0.4) is 0 Å². The normalized spacial score (nSPS) is 18.9. The number of fused-ring (bicyclic) bond motifs is 1. The maximum atomic E-state index is 12.4. The molecule has 3 aromatic rings. The zero-order chi connectivity index (χ0) is 17.4. The number of carbonyl (C=O) groups excluding carboxylic acids is 2. The number of esters is 1. The highest BCUT2D eigenvalue weighted by Gasteiger charge is 2.44. The molecule has 5 nitrogen and oxygen atoms in total. The third-order valence-corrected chi connectivity index (χ3v) is 6.10. The lowest BCUT2D eigenvalue weighted by atomic mass is 10.2. The standard InChI is InChI=1S/C18H16N2O3S2/c1-2-23-17(22)10-5-6-13-15(8-10)25-18(19-13)20-16(21)12-9-11(12)14-4-3-7-24-14/h3-8,11-12H,2,9H2,1H3,(H,19,20,21). The molecule has 2 unspecified atom stereocenters. The van der Waals surface area contributed by atoms with E-state index < -0.39 is 0 Å². The number of hydrogen-bond acceptors (Lipinski definition) is 6. The third kappa shape index (κ3) is 3.29. The number of anilines is 1. The molecule has 0 spiro atoms. The summed E-state index contributed by atoms with van der Waals surface area (Å²) in [5, 5.41) is 5.52. The second kappa shape index (κ2) is 6.57. The Hall–Kier alpha value is -2.25. The number of aromatic nitrogens is 1. The van der Waals surface area contributed by atoms with E-state index in [4.69, 9.17) is 4.74 Å². The smallest absolute Gasteiger partial charge is 0.338 e. The van der Waals surface area contributed by atoms with E-state index in [1.54, 1.807) is 36.5 Å². The molecular formula is C18H16N2O3S2. The molecular weight excluding hydrogens is 356 g/mol. The monoisotopic (exact) mass is 372 g/mol. The first-order chi connectivity index (χ1) is 12.2. The lowest BCUT2D eigenvalue weighted by Crippen LogP contribution is -2.14. The van der Waals surface area contributed by atoms with Crippen LogP contribution in [-0.4, -0.2) is 23.5 Å². The van der Waals surface area contributed by atoms with Crippen LogP contribution < -0.4 is 5.32 Å². The molecule has 1 aliphatic carbocycles. The first-order valence-corrected chi connectivity index (χ1v) is 9.77. The number of benzene rings is 1. The summed E-state index contributed by atoms with van der Waals surface area (Å²) in [6.07, 6.45) is 0.893. The number of thiazole rings is 1. The fraction of sp³-hybridized carbons (Fsp3) is 0.278. The number of carbonyl (C=O) groups is 2. The second-order valence-electron chi connectivity index (χ2n) is 5.88. The highest BCUT2D eigenvalue weighted by Crippen LogP contribution is 2.49. The van der Waals surface area contributed by atoms with Gasteiger partial charge in [-0.05, 0) is 43.0 Å². The maximum absolute atomic E-state index is 12.4. The highest BCUT2D eigenvalue weighted by atomic mass is 32.1. The first kappa shape index (κ1) is 16.2. The average molecular weight is 372 g/mol. The second-order valence-corrected chi connectivity index (χ2v) is 7.89. The quantitative estimate of drug-likeness (QED) is 0.679. The Morgan fingerprint density at radius 2 is 2.24 bits per heavy atom. The zero-order valence-electron chi connectivity index (χ0n) is 13.5. The lowest BCUT2D eigenvalue weighted by Gasteiger charge is -2.00. The SMILES string of the molecule is CCOC(=O)c1ccc2nc(NC(=O)C3CC3c3cccs3)sc2c1. The van der Waals surface area contributed by atoms with Crippen LogP contribution >= 0.6 is 22.7 Å². The molecule has 2 aromatic heterocycles. The molecule has 1 saturated carbocycles. The van der Waals surface area contributed by atoms with Crippen molar-refractivity contribution in [3.05, 3.63) is 46.2 Å². The average Bonchev–Trinajstić information content (AvgIpc) is 3.04. The Kier molecular flexibility index (Phi) is 4.27. The Morgan fingerprint density at radius 1 is 1.36 bits per heavy atom. The van der Waals surface area contributed by atoms with Gasteiger partial charge in [0.2, 0.25) is 5.91 Å². The molecule has 1 amide bonds. The van der Waals surface area contributed by atoms with E-state index in [2.05, 4.69) is 16.4 Å². The van der Waals surface area contributed by atoms with Crippen molar-refractivity contribution in [2.45, 2.75) is 19.3 Å². The summed E-state index contributed by atoms with van der Waals surface area (Å²) in [5.41, 5.74) is 1.26. The summed E-state index contributed by atoms with van der Waals surface area (Å²) >= 11 is 3.07. The van der Waals surface area contributed by atoms with E-state index in [-0.39, 0.29) is 17.8 Å². The molecule has 0 bridgehead atoms. The van der Waals surface area contributed by atoms with Gasteiger partial charge in [-0.1, -0.05) is 17.4 Å². The molecule has 1 N–H and O–H groups in total. The van der Waals surface area contributed by atoms with Gasteiger partial charge in [0.15, 0.2) is 5.13 Å². The molecule has 0 aliphatic heterocycles. The minimum Gasteiger partial charge on any atom is -0.462 e. The summed E-state index contributed by atoms with van der Waals surface area (Å²) in [5.74, 6) is 0.0359. The number of amides is 1. The van der Waals surface area contributed by atoms with Crippen molar-refractivity contribution in [2.75, 3.05) is 11.9 Å². The van der Waals surface area contributed by atoms with Crippen LogP contribution in [0.15, 0.2) is 35.7 Å². The molecule has 1 fully saturated rings. The highest BCUT2D eigenvalue weighted by molar-refractivity contribution is 7.22. The van der Waals surface area contributed by atoms with Crippen molar-refractivity contribution >= 4 is 49.9 Å². The van der Waals surface area contributed by atoms with Crippen LogP contribution in [0.5, 0.6) is 0 Å². The van der Waals surface area contributed by atoms with Crippen molar-refractivity contribution in [2.24, 2.45) is 5.92 Å². The van der Waals surface area contributed by atoms with Gasteiger partial charge in [0.25, 0.3) is 0 Å². The Labute approximate surface area is 152 Å². The van der Waals surface area contributed by atoms with Gasteiger partial charge in [0, 0.05) is 16.7 Å². The van der Waals surface area contributed by atoms with Gasteiger partial charge in [0.1, 0.15) is 0 Å². The maximum Gasteiger partial charge on any atom is 0.338 e. The van der Waals surface area contributed by atoms with Crippen molar-refractivity contribution in [1.29, 1.82) is 0 Å². The van der Waals surface area contributed by atoms with Crippen LogP contribution in [0.25, 0.3) is 10.2 Å². The lowest BCUT2D eigenvalue weighted by molar-refractivity contribution is -0.117. The van der Waals surface area contributed by atoms with Gasteiger partial charge < -0.3 is 10.1 Å². The van der Waals surface area contributed by atoms with E-state index in [0.717, 1.165) is 16.6 Å². The van der Waals surface area contributed by atoms with Crippen LogP contribution in [0.4, 0.5) is 5.13 Å². The van der Waals surface area contributed by atoms with Crippen molar-refractivity contribution in [3.8, 4) is 0 Å². The predicted molar refractivity (Wildman–Crippen MR) is 99.4 cm³/mol. The molecule has 0 radical (unpaired) electrons. The summed E-state index contributed by atoms with van der Waals surface area (Å²) < 4.78 is 5.86. The van der Waals surface area contributed by atoms with E-state index in [1.807, 2.05) is 11.4 Å². The molecule has 1 aliphatic rings. The summed E-state index contributed by atoms with van der Waals surface area (Å²) in [6, 6.07) is 9.32. The van der Waals surface area contributed by atoms with Crippen molar-refractivity contribution in [3.63, 3.8) is 0 Å². The van der Waals surface area contributed by atoms with E-state index in [1.165, 1.54) is 16.2 Å². The minimum atomic E-state index is -0.347. The topological polar surface area (TPSA) is 68.3 Å². The molecule has 1 aromatic carbocycles. The third-order valence-electron chi connectivity index (χ3n) is 4.17. The van der Waals surface area contributed by atoms with Gasteiger partial charge in [0.05, 0.1) is 22.4 Å². The molecule has 0 saturated heterocycles. The molecule has 7 heteroatoms. The van der Waals surface area contributed by atoms with Gasteiger partial charge in [-0.15, -0.1) is 11.3 Å². The van der Waals surface area contributed by atoms with E-state index in [0.29, 0.717) is 23.2 Å². The van der Waals surface area contributed by atoms with Crippen LogP contribution in [0, 0.1) is 5.92 Å². The summed E-state index contributed by atoms with van der Waals surface area (Å²) in [6.45, 7) is 2.12. The minimum absolute atomic E-state index is 0.0167. The van der Waals surface area contributed by atoms with E-state index in [9.17, 15) is 9.59 Å². The molecule has 128 valence electrons. The summed E-state index contributed by atoms with van der Waals surface area (Å²) in [4.78, 5) is 29.9. The number of nitrogens with one attached hydrogen (secondary N) is 1. The van der Waals surface area contributed by atoms with Gasteiger partial charge in [-0.25, -0.2) is 9.78 Å². The van der Waals surface area contributed by atoms with Crippen LogP contribution in [0.1, 0.15) is 34.5 Å². The first-order valence-electron chi connectivity index (χ1n) is 8.07. The number of rotatable bonds is 5. The molecule has 25 heavy (non-hydrogen) atoms.